The Kier molecular flexibility index (Phi) is 3.59. The van der Waals surface area contributed by atoms with Gasteiger partial charge in [-0.3, -0.25) is 4.79 Å². The van der Waals surface area contributed by atoms with Crippen molar-refractivity contribution in [2.24, 2.45) is 5.41 Å². The molecule has 2 fully saturated rings. The molecule has 2 aliphatic carbocycles. The number of likely N-dealkylation sites (tertiary alicyclic amines) is 1. The Morgan fingerprint density at radius 2 is 1.83 bits per heavy atom. The second-order valence-electron chi connectivity index (χ2n) is 9.51. The SMILES string of the molecule is CC1(O)CN(C(=O)C23CCC(c4cc(-c5c(F)cccc5F)nnc42)C3(C)C)C1. The second kappa shape index (κ2) is 5.59. The van der Waals surface area contributed by atoms with Crippen LogP contribution in [-0.2, 0) is 10.2 Å². The summed E-state index contributed by atoms with van der Waals surface area (Å²) in [4.78, 5) is 15.2. The van der Waals surface area contributed by atoms with E-state index < -0.39 is 28.1 Å². The lowest BCUT2D eigenvalue weighted by molar-refractivity contribution is -0.162. The third-order valence-electron chi connectivity index (χ3n) is 7.32. The van der Waals surface area contributed by atoms with Crippen LogP contribution in [0.3, 0.4) is 0 Å². The first-order chi connectivity index (χ1) is 13.6. The summed E-state index contributed by atoms with van der Waals surface area (Å²) in [7, 11) is 0. The first kappa shape index (κ1) is 18.6. The molecule has 2 unspecified atom stereocenters. The van der Waals surface area contributed by atoms with Gasteiger partial charge in [-0.05, 0) is 54.9 Å². The maximum atomic E-state index is 14.3. The van der Waals surface area contributed by atoms with Gasteiger partial charge >= 0.3 is 0 Å². The Morgan fingerprint density at radius 1 is 1.17 bits per heavy atom. The van der Waals surface area contributed by atoms with Gasteiger partial charge in [0.05, 0.1) is 41.1 Å². The van der Waals surface area contributed by atoms with E-state index in [1.807, 2.05) is 0 Å². The second-order valence-corrected chi connectivity index (χ2v) is 9.51. The van der Waals surface area contributed by atoms with E-state index in [4.69, 9.17) is 0 Å². The smallest absolute Gasteiger partial charge is 0.235 e. The zero-order valence-corrected chi connectivity index (χ0v) is 16.7. The van der Waals surface area contributed by atoms with E-state index in [-0.39, 0.29) is 23.1 Å². The first-order valence-corrected chi connectivity index (χ1v) is 9.93. The van der Waals surface area contributed by atoms with Crippen LogP contribution in [0.1, 0.15) is 50.8 Å². The number of benzene rings is 1. The van der Waals surface area contributed by atoms with Gasteiger partial charge in [0.2, 0.25) is 5.91 Å². The van der Waals surface area contributed by atoms with Crippen molar-refractivity contribution in [2.45, 2.75) is 50.5 Å². The van der Waals surface area contributed by atoms with Gasteiger partial charge in [0.25, 0.3) is 0 Å². The van der Waals surface area contributed by atoms with Crippen molar-refractivity contribution in [2.75, 3.05) is 13.1 Å². The van der Waals surface area contributed by atoms with Gasteiger partial charge in [-0.1, -0.05) is 19.9 Å². The highest BCUT2D eigenvalue weighted by atomic mass is 19.1. The van der Waals surface area contributed by atoms with Gasteiger partial charge in [-0.25, -0.2) is 8.78 Å². The first-order valence-electron chi connectivity index (χ1n) is 9.93. The van der Waals surface area contributed by atoms with Crippen LogP contribution in [0.2, 0.25) is 0 Å². The number of hydrogen-bond acceptors (Lipinski definition) is 4. The molecule has 3 aliphatic rings. The maximum Gasteiger partial charge on any atom is 0.235 e. The highest BCUT2D eigenvalue weighted by Gasteiger charge is 2.69. The molecule has 0 spiro atoms. The molecular weight excluding hydrogens is 376 g/mol. The molecule has 1 amide bonds. The predicted octanol–water partition coefficient (Wildman–Crippen LogP) is 3.17. The molecule has 7 heteroatoms. The summed E-state index contributed by atoms with van der Waals surface area (Å²) in [6.45, 7) is 6.44. The zero-order chi connectivity index (χ0) is 20.8. The van der Waals surface area contributed by atoms with Crippen LogP contribution in [0.15, 0.2) is 24.3 Å². The van der Waals surface area contributed by atoms with E-state index in [0.29, 0.717) is 25.2 Å². The molecule has 0 radical (unpaired) electrons. The number of aromatic nitrogens is 2. The fraction of sp³-hybridized carbons (Fsp3) is 0.500. The molecule has 5 rings (SSSR count). The Morgan fingerprint density at radius 3 is 2.45 bits per heavy atom. The number of rotatable bonds is 2. The molecule has 2 atom stereocenters. The van der Waals surface area contributed by atoms with Crippen LogP contribution in [0.25, 0.3) is 11.3 Å². The van der Waals surface area contributed by atoms with Crippen molar-refractivity contribution in [3.63, 3.8) is 0 Å². The third kappa shape index (κ3) is 2.25. The monoisotopic (exact) mass is 399 g/mol. The molecular formula is C22H23F2N3O2. The summed E-state index contributed by atoms with van der Waals surface area (Å²) in [5.74, 6) is -1.34. The molecule has 1 aliphatic heterocycles. The fourth-order valence-electron chi connectivity index (χ4n) is 5.85. The number of carbonyl (C=O) groups excluding carboxylic acids is 1. The fourth-order valence-corrected chi connectivity index (χ4v) is 5.85. The average Bonchev–Trinajstić information content (AvgIpc) is 3.00. The lowest BCUT2D eigenvalue weighted by Crippen LogP contribution is -2.66. The number of aliphatic hydroxyl groups is 1. The van der Waals surface area contributed by atoms with E-state index in [1.165, 1.54) is 18.2 Å². The van der Waals surface area contributed by atoms with Gasteiger partial charge in [0, 0.05) is 0 Å². The number of fused-ring (bicyclic) bond motifs is 5. The van der Waals surface area contributed by atoms with E-state index in [0.717, 1.165) is 12.0 Å². The summed E-state index contributed by atoms with van der Waals surface area (Å²) in [6.07, 6.45) is 1.47. The van der Waals surface area contributed by atoms with Crippen LogP contribution in [0.5, 0.6) is 0 Å². The minimum Gasteiger partial charge on any atom is -0.386 e. The van der Waals surface area contributed by atoms with Crippen molar-refractivity contribution in [3.05, 3.63) is 47.2 Å². The molecule has 2 aromatic rings. The van der Waals surface area contributed by atoms with E-state index >= 15 is 0 Å². The maximum absolute atomic E-state index is 14.3. The zero-order valence-electron chi connectivity index (χ0n) is 16.7. The summed E-state index contributed by atoms with van der Waals surface area (Å²) >= 11 is 0. The molecule has 5 nitrogen and oxygen atoms in total. The predicted molar refractivity (Wildman–Crippen MR) is 102 cm³/mol. The largest absolute Gasteiger partial charge is 0.386 e. The van der Waals surface area contributed by atoms with Gasteiger partial charge < -0.3 is 10.0 Å². The summed E-state index contributed by atoms with van der Waals surface area (Å²) in [5, 5.41) is 18.6. The topological polar surface area (TPSA) is 66.3 Å². The molecule has 1 aromatic heterocycles. The van der Waals surface area contributed by atoms with Crippen LogP contribution in [0.4, 0.5) is 8.78 Å². The van der Waals surface area contributed by atoms with Crippen LogP contribution < -0.4 is 0 Å². The minimum atomic E-state index is -0.853. The lowest BCUT2D eigenvalue weighted by Gasteiger charge is -2.49. The standard InChI is InChI=1S/C22H23F2N3O2/c1-20(2)13-7-8-22(20,19(28)27-10-21(3,29)11-27)18-12(13)9-16(25-26-18)17-14(23)5-4-6-15(17)24/h4-6,9,13,29H,7-8,10-11H2,1-3H3. The Labute approximate surface area is 167 Å². The summed E-state index contributed by atoms with van der Waals surface area (Å²) < 4.78 is 28.5. The van der Waals surface area contributed by atoms with Crippen LogP contribution in [0, 0.1) is 17.0 Å². The Balaban J connectivity index is 1.62. The summed E-state index contributed by atoms with van der Waals surface area (Å²) in [5.41, 5.74) is -0.629. The number of β-amino-alcohol motifs (C(OH)–C–C–N with tert-alkyl or cyclic N) is 1. The van der Waals surface area contributed by atoms with E-state index in [2.05, 4.69) is 24.0 Å². The summed E-state index contributed by atoms with van der Waals surface area (Å²) in [6, 6.07) is 5.42. The van der Waals surface area contributed by atoms with E-state index in [9.17, 15) is 18.7 Å². The highest BCUT2D eigenvalue weighted by molar-refractivity contribution is 5.92. The van der Waals surface area contributed by atoms with Crippen molar-refractivity contribution < 1.29 is 18.7 Å². The van der Waals surface area contributed by atoms with Gasteiger partial charge in [-0.15, -0.1) is 5.10 Å². The number of hydrogen-bond donors (Lipinski definition) is 1. The molecule has 1 aromatic carbocycles. The molecule has 152 valence electrons. The minimum absolute atomic E-state index is 0.0330. The van der Waals surface area contributed by atoms with E-state index in [1.54, 1.807) is 17.9 Å². The van der Waals surface area contributed by atoms with Crippen LogP contribution in [-0.4, -0.2) is 44.8 Å². The molecule has 2 heterocycles. The van der Waals surface area contributed by atoms with Crippen molar-refractivity contribution in [3.8, 4) is 11.3 Å². The van der Waals surface area contributed by atoms with Gasteiger partial charge in [0.15, 0.2) is 0 Å². The van der Waals surface area contributed by atoms with Crippen molar-refractivity contribution in [1.29, 1.82) is 0 Å². The lowest BCUT2D eigenvalue weighted by atomic mass is 9.67. The van der Waals surface area contributed by atoms with Crippen LogP contribution >= 0.6 is 0 Å². The number of nitrogens with zero attached hydrogens (tertiary/aromatic N) is 3. The third-order valence-corrected chi connectivity index (χ3v) is 7.32. The molecule has 29 heavy (non-hydrogen) atoms. The Hall–Kier alpha value is -2.41. The number of amides is 1. The quantitative estimate of drug-likeness (QED) is 0.843. The average molecular weight is 399 g/mol. The van der Waals surface area contributed by atoms with Gasteiger partial charge in [0.1, 0.15) is 11.6 Å². The van der Waals surface area contributed by atoms with Crippen molar-refractivity contribution in [1.82, 2.24) is 15.1 Å². The molecule has 1 saturated carbocycles. The number of carbonyl (C=O) groups is 1. The van der Waals surface area contributed by atoms with Gasteiger partial charge in [-0.2, -0.15) is 5.10 Å². The number of halogens is 2. The normalized spacial score (nSPS) is 28.2. The highest BCUT2D eigenvalue weighted by Crippen LogP contribution is 2.68. The van der Waals surface area contributed by atoms with Crippen molar-refractivity contribution >= 4 is 5.91 Å². The molecule has 1 N–H and O–H groups in total. The molecule has 2 bridgehead atoms. The Bertz CT molecular complexity index is 1020. The molecule has 1 saturated heterocycles.